The van der Waals surface area contributed by atoms with E-state index < -0.39 is 0 Å². The number of anilines is 1. The highest BCUT2D eigenvalue weighted by atomic mass is 32.1. The minimum atomic E-state index is 0.0185. The van der Waals surface area contributed by atoms with Crippen molar-refractivity contribution in [2.24, 2.45) is 11.8 Å². The largest absolute Gasteiger partial charge is 0.321 e. The lowest BCUT2D eigenvalue weighted by molar-refractivity contribution is -0.122. The van der Waals surface area contributed by atoms with E-state index >= 15 is 0 Å². The van der Waals surface area contributed by atoms with Crippen LogP contribution in [-0.2, 0) is 4.79 Å². The van der Waals surface area contributed by atoms with Crippen LogP contribution < -0.4 is 10.6 Å². The molecule has 0 spiro atoms. The molecule has 6 heteroatoms. The maximum absolute atomic E-state index is 12.2. The van der Waals surface area contributed by atoms with Crippen molar-refractivity contribution in [1.29, 1.82) is 5.26 Å². The number of nitrogens with zero attached hydrogens (tertiary/aromatic N) is 2. The molecule has 2 atom stereocenters. The van der Waals surface area contributed by atoms with Crippen molar-refractivity contribution in [2.75, 3.05) is 5.32 Å². The summed E-state index contributed by atoms with van der Waals surface area (Å²) in [4.78, 5) is 16.7. The fraction of sp³-hybridized carbons (Fsp3) is 0.688. The molecule has 1 aromatic rings. The minimum Gasteiger partial charge on any atom is -0.321 e. The van der Waals surface area contributed by atoms with Crippen LogP contribution in [0, 0.1) is 23.3 Å². The van der Waals surface area contributed by atoms with Crippen LogP contribution in [0.15, 0.2) is 6.20 Å². The highest BCUT2D eigenvalue weighted by Crippen LogP contribution is 2.40. The van der Waals surface area contributed by atoms with E-state index in [2.05, 4.69) is 22.5 Å². The first-order valence-corrected chi connectivity index (χ1v) is 8.90. The molecule has 0 radical (unpaired) electrons. The first-order chi connectivity index (χ1) is 10.7. The van der Waals surface area contributed by atoms with Gasteiger partial charge in [-0.3, -0.25) is 4.79 Å². The molecule has 5 nitrogen and oxygen atoms in total. The van der Waals surface area contributed by atoms with Crippen molar-refractivity contribution in [1.82, 2.24) is 10.3 Å². The third-order valence-electron chi connectivity index (χ3n) is 4.98. The number of rotatable bonds is 4. The van der Waals surface area contributed by atoms with E-state index in [0.717, 1.165) is 17.8 Å². The SMILES string of the molecule is C[C@H]1CCCCC1c1ncc(NC(=O)[C@H]2C[C@H](NC#N)C2)s1. The molecule has 22 heavy (non-hydrogen) atoms. The average Bonchev–Trinajstić information content (AvgIpc) is 2.91. The molecular formula is C16H22N4OS. The van der Waals surface area contributed by atoms with Gasteiger partial charge in [0.25, 0.3) is 0 Å². The summed E-state index contributed by atoms with van der Waals surface area (Å²) in [6.07, 6.45) is 10.3. The van der Waals surface area contributed by atoms with Crippen molar-refractivity contribution in [3.63, 3.8) is 0 Å². The number of nitrogens with one attached hydrogen (secondary N) is 2. The zero-order chi connectivity index (χ0) is 15.5. The second kappa shape index (κ2) is 6.66. The molecule has 2 fully saturated rings. The Morgan fingerprint density at radius 3 is 2.91 bits per heavy atom. The lowest BCUT2D eigenvalue weighted by Gasteiger charge is -2.32. The van der Waals surface area contributed by atoms with Crippen molar-refractivity contribution >= 4 is 22.2 Å². The second-order valence-corrected chi connectivity index (χ2v) is 7.60. The van der Waals surface area contributed by atoms with Crippen LogP contribution in [0.1, 0.15) is 56.4 Å². The van der Waals surface area contributed by atoms with Gasteiger partial charge in [-0.25, -0.2) is 4.98 Å². The summed E-state index contributed by atoms with van der Waals surface area (Å²) in [6, 6.07) is 0.167. The monoisotopic (exact) mass is 318 g/mol. The van der Waals surface area contributed by atoms with Crippen LogP contribution in [0.2, 0.25) is 0 Å². The zero-order valence-corrected chi connectivity index (χ0v) is 13.7. The molecule has 0 aromatic carbocycles. The van der Waals surface area contributed by atoms with Gasteiger partial charge in [0.1, 0.15) is 5.00 Å². The molecule has 1 aromatic heterocycles. The summed E-state index contributed by atoms with van der Waals surface area (Å²) in [5.41, 5.74) is 0. The van der Waals surface area contributed by atoms with Crippen LogP contribution in [-0.4, -0.2) is 16.9 Å². The van der Waals surface area contributed by atoms with Gasteiger partial charge in [-0.15, -0.1) is 11.3 Å². The number of nitriles is 1. The molecule has 2 saturated carbocycles. The molecule has 1 heterocycles. The Morgan fingerprint density at radius 1 is 1.41 bits per heavy atom. The lowest BCUT2D eigenvalue weighted by atomic mass is 9.80. The highest BCUT2D eigenvalue weighted by Gasteiger charge is 2.34. The number of carbonyl (C=O) groups excluding carboxylic acids is 1. The van der Waals surface area contributed by atoms with Crippen molar-refractivity contribution in [3.05, 3.63) is 11.2 Å². The van der Waals surface area contributed by atoms with Gasteiger partial charge in [0.15, 0.2) is 6.19 Å². The highest BCUT2D eigenvalue weighted by molar-refractivity contribution is 7.15. The fourth-order valence-electron chi connectivity index (χ4n) is 3.46. The average molecular weight is 318 g/mol. The number of carbonyl (C=O) groups is 1. The lowest BCUT2D eigenvalue weighted by Crippen LogP contribution is -2.44. The minimum absolute atomic E-state index is 0.0185. The van der Waals surface area contributed by atoms with Gasteiger partial charge in [-0.05, 0) is 25.2 Å². The Labute approximate surface area is 135 Å². The van der Waals surface area contributed by atoms with E-state index in [9.17, 15) is 4.79 Å². The summed E-state index contributed by atoms with van der Waals surface area (Å²) >= 11 is 1.62. The van der Waals surface area contributed by atoms with Crippen molar-refractivity contribution in [3.8, 4) is 6.19 Å². The predicted octanol–water partition coefficient (Wildman–Crippen LogP) is 3.22. The Hall–Kier alpha value is -1.61. The van der Waals surface area contributed by atoms with Crippen LogP contribution in [0.5, 0.6) is 0 Å². The molecule has 2 N–H and O–H groups in total. The Balaban J connectivity index is 1.54. The molecule has 0 saturated heterocycles. The fourth-order valence-corrected chi connectivity index (χ4v) is 4.55. The smallest absolute Gasteiger partial charge is 0.228 e. The van der Waals surface area contributed by atoms with Crippen molar-refractivity contribution in [2.45, 2.75) is 57.4 Å². The summed E-state index contributed by atoms with van der Waals surface area (Å²) in [5.74, 6) is 1.32. The Bertz CT molecular complexity index is 573. The van der Waals surface area contributed by atoms with Gasteiger partial charge in [0, 0.05) is 17.9 Å². The number of hydrogen-bond acceptors (Lipinski definition) is 5. The molecule has 2 aliphatic carbocycles. The number of hydrogen-bond donors (Lipinski definition) is 2. The van der Waals surface area contributed by atoms with Gasteiger partial charge in [0.2, 0.25) is 5.91 Å². The van der Waals surface area contributed by atoms with Crippen LogP contribution in [0.25, 0.3) is 0 Å². The van der Waals surface area contributed by atoms with Crippen LogP contribution in [0.3, 0.4) is 0 Å². The van der Waals surface area contributed by atoms with E-state index in [1.54, 1.807) is 17.5 Å². The third-order valence-corrected chi connectivity index (χ3v) is 6.02. The van der Waals surface area contributed by atoms with Crippen LogP contribution >= 0.6 is 11.3 Å². The molecule has 3 rings (SSSR count). The quantitative estimate of drug-likeness (QED) is 0.660. The van der Waals surface area contributed by atoms with Gasteiger partial charge in [-0.1, -0.05) is 26.2 Å². The van der Waals surface area contributed by atoms with Crippen molar-refractivity contribution < 1.29 is 4.79 Å². The summed E-state index contributed by atoms with van der Waals surface area (Å²) in [7, 11) is 0. The first-order valence-electron chi connectivity index (χ1n) is 8.08. The Morgan fingerprint density at radius 2 is 2.18 bits per heavy atom. The predicted molar refractivity (Wildman–Crippen MR) is 86.4 cm³/mol. The van der Waals surface area contributed by atoms with E-state index in [1.165, 1.54) is 30.7 Å². The maximum Gasteiger partial charge on any atom is 0.228 e. The zero-order valence-electron chi connectivity index (χ0n) is 12.8. The molecule has 1 amide bonds. The standard InChI is InChI=1S/C16H22N4OS/c1-10-4-2-3-5-13(10)16-18-8-14(22-16)20-15(21)11-6-12(7-11)19-9-17/h8,10-13,19H,2-7H2,1H3,(H,20,21)/t10-,11-,12-,13?/m0/s1. The van der Waals surface area contributed by atoms with Gasteiger partial charge >= 0.3 is 0 Å². The maximum atomic E-state index is 12.2. The van der Waals surface area contributed by atoms with E-state index in [4.69, 9.17) is 5.26 Å². The van der Waals surface area contributed by atoms with E-state index in [-0.39, 0.29) is 17.9 Å². The molecule has 2 aliphatic rings. The summed E-state index contributed by atoms with van der Waals surface area (Å²) in [6.45, 7) is 2.31. The molecule has 1 unspecified atom stereocenters. The summed E-state index contributed by atoms with van der Waals surface area (Å²) < 4.78 is 0. The van der Waals surface area contributed by atoms with Gasteiger partial charge < -0.3 is 10.6 Å². The van der Waals surface area contributed by atoms with E-state index in [0.29, 0.717) is 11.8 Å². The second-order valence-electron chi connectivity index (χ2n) is 6.54. The molecule has 0 bridgehead atoms. The Kier molecular flexibility index (Phi) is 4.63. The number of thiazole rings is 1. The van der Waals surface area contributed by atoms with Gasteiger partial charge in [-0.2, -0.15) is 5.26 Å². The first kappa shape index (κ1) is 15.3. The van der Waals surface area contributed by atoms with Crippen LogP contribution in [0.4, 0.5) is 5.00 Å². The topological polar surface area (TPSA) is 77.8 Å². The van der Waals surface area contributed by atoms with Gasteiger partial charge in [0.05, 0.1) is 11.2 Å². The molecule has 118 valence electrons. The normalized spacial score (nSPS) is 30.9. The molecule has 0 aliphatic heterocycles. The number of aromatic nitrogens is 1. The summed E-state index contributed by atoms with van der Waals surface area (Å²) in [5, 5.41) is 16.2. The third kappa shape index (κ3) is 3.25. The van der Waals surface area contributed by atoms with E-state index in [1.807, 2.05) is 6.19 Å². The number of amides is 1. The molecular weight excluding hydrogens is 296 g/mol.